The maximum atomic E-state index is 12.3. The Bertz CT molecular complexity index is 3620. The van der Waals surface area contributed by atoms with Crippen LogP contribution in [0.5, 0.6) is 0 Å². The van der Waals surface area contributed by atoms with Crippen LogP contribution in [-0.4, -0.2) is 661 Å². The van der Waals surface area contributed by atoms with Crippen molar-refractivity contribution < 1.29 is 312 Å². The molecule has 0 aromatic rings. The number of aliphatic hydroxyl groups is 38. The van der Waals surface area contributed by atoms with Crippen LogP contribution in [0, 0.1) is 0 Å². The molecule has 0 spiro atoms. The van der Waals surface area contributed by atoms with E-state index in [0.717, 1.165) is 0 Å². The lowest BCUT2D eigenvalue weighted by atomic mass is 9.95. The summed E-state index contributed by atoms with van der Waals surface area (Å²) < 4.78 is 143. The second-order valence-corrected chi connectivity index (χ2v) is 35.2. The van der Waals surface area contributed by atoms with Gasteiger partial charge < -0.3 is 312 Å². The van der Waals surface area contributed by atoms with E-state index in [4.69, 9.17) is 118 Å². The molecular formula is C75H126O63. The summed E-state index contributed by atoms with van der Waals surface area (Å²) in [5.74, 6) is 0. The lowest BCUT2D eigenvalue weighted by Gasteiger charge is -2.50. The molecule has 0 aromatic carbocycles. The van der Waals surface area contributed by atoms with Crippen molar-refractivity contribution in [1.29, 1.82) is 0 Å². The molecule has 1 unspecified atom stereocenters. The van der Waals surface area contributed by atoms with Crippen LogP contribution in [0.1, 0.15) is 0 Å². The van der Waals surface area contributed by atoms with E-state index in [0.29, 0.717) is 0 Å². The highest BCUT2D eigenvalue weighted by atomic mass is 16.8. The Morgan fingerprint density at radius 1 is 0.152 bits per heavy atom. The largest absolute Gasteiger partial charge is 0.394 e. The van der Waals surface area contributed by atoms with Crippen molar-refractivity contribution >= 4 is 0 Å². The third kappa shape index (κ3) is 23.8. The summed E-state index contributed by atoms with van der Waals surface area (Å²) in [6.07, 6.45) is -130. The van der Waals surface area contributed by atoms with Crippen molar-refractivity contribution in [3.05, 3.63) is 0 Å². The highest BCUT2D eigenvalue weighted by molar-refractivity contribution is 5.05. The van der Waals surface area contributed by atoms with Crippen LogP contribution in [0.4, 0.5) is 0 Å². The predicted molar refractivity (Wildman–Crippen MR) is 410 cm³/mol. The van der Waals surface area contributed by atoms with Crippen molar-refractivity contribution in [1.82, 2.24) is 0 Å². The average Bonchev–Trinajstić information content (AvgIpc) is 0.766. The van der Waals surface area contributed by atoms with E-state index in [1.165, 1.54) is 0 Å². The number of rotatable bonds is 34. The van der Waals surface area contributed by atoms with Crippen LogP contribution in [0.25, 0.3) is 0 Å². The van der Waals surface area contributed by atoms with Crippen LogP contribution in [0.3, 0.4) is 0 Å². The van der Waals surface area contributed by atoms with E-state index in [-0.39, 0.29) is 0 Å². The first-order valence-electron chi connectivity index (χ1n) is 44.0. The molecule has 0 saturated carbocycles. The SMILES string of the molecule is OC[C@H]1O[C@@H](O[C@H]2[C@H](O)[C@@H](O)[C@H](O[C@H]3[C@H](O)[C@@H](O)[C@H](O[C@H]4[C@H](O)[C@@H](O)[C@H](O[C@H]5[C@H](O)[C@@H](O)[C@H](O[C@H]6[C@H](O)[C@@H](O)[C@H](O[C@H]7[C@H](O)[C@@H](O)[C@H](O[C@H]8[C@H](O)[C@@H](O)[C@H](O[C@H]9[C@H](O)[C@@H](O)[C@H](O[C@H]%10[C@H](O)[C@@H](O)C(O)O[C@@H]%10CO)O[C@@H]9CO[C@H]9OC[C@@H](O)[C@H](O)[C@H]9O)O[C@@H]8CO[C@H]8OC[C@@H](O)[C@H](O)[C@H]8O)O[C@@H]7CO[C@H]7OC[C@@H](O)[C@H](O)[C@H]7O)O[C@@H]6CO)O[C@@H]5CO)O[C@@H]4CO)O[C@@H]3CO)O[C@@H]2CO)[C@H](O)[C@@H](O)[C@@H]1O. The monoisotopic (exact) mass is 2030 g/mol. The van der Waals surface area contributed by atoms with Crippen LogP contribution in [0.15, 0.2) is 0 Å². The van der Waals surface area contributed by atoms with E-state index in [9.17, 15) is 194 Å². The molecule has 13 fully saturated rings. The maximum Gasteiger partial charge on any atom is 0.187 e. The normalized spacial score (nSPS) is 54.0. The fraction of sp³-hybridized carbons (Fsp3) is 1.00. The quantitative estimate of drug-likeness (QED) is 0.0284. The Morgan fingerprint density at radius 3 is 0.514 bits per heavy atom. The molecule has 63 heteroatoms. The molecule has 0 bridgehead atoms. The van der Waals surface area contributed by atoms with Gasteiger partial charge in [0.25, 0.3) is 0 Å². The lowest BCUT2D eigenvalue weighted by molar-refractivity contribution is -0.403. The summed E-state index contributed by atoms with van der Waals surface area (Å²) in [6.45, 7) is -12.9. The van der Waals surface area contributed by atoms with Gasteiger partial charge in [0.15, 0.2) is 81.8 Å². The fourth-order valence-electron chi connectivity index (χ4n) is 17.8. The standard InChI is InChI=1S/C75H126O63/c76-1-17-30(89)31(90)45(104)67(121-17)131-55-19(3-78)122-68(46(105)33(55)92)132-56-20(4-79)123-69(47(106)34(56)93)133-57-21(5-80)124-70(48(107)35(57)94)134-58-22(6-81)125-71(49(108)36(58)95)135-59-23(7-82)126-72(50(109)37(59)96)136-60-24(11-117-64-42(101)27(86)14(83)8-114-64)128-74(52(111)39(60)98)138-62-26(13-119-66-44(103)29(88)16(85)10-116-66)129-75(53(112)40(62)99)137-61-25(12-118-65-43(102)28(87)15(84)9-115-65)127-73(51(110)38(61)97)130-54-18(2-77)120-63(113)41(100)32(54)91/h14-113H,1-13H2/t14-,15-,16-,17-,18-,19-,20-,21-,22-,23-,24-,25-,26-,27+,28+,29+,30-,31+,32-,33-,34-,35-,36-,37-,38-,39-,40-,41-,42-,43-,44-,45-,46-,47-,48-,49-,50-,51-,52-,53-,54-,55-,56-,57-,58-,59-,60-,61-,62-,63?,64-,65-,66-,67+,68+,69+,70+,71+,72+,73+,74+,75+/m1/s1. The number of hydrogen-bond acceptors (Lipinski definition) is 63. The van der Waals surface area contributed by atoms with Gasteiger partial charge in [-0.15, -0.1) is 0 Å². The summed E-state index contributed by atoms with van der Waals surface area (Å²) in [7, 11) is 0. The van der Waals surface area contributed by atoms with Crippen molar-refractivity contribution in [3.63, 3.8) is 0 Å². The van der Waals surface area contributed by atoms with Gasteiger partial charge in [-0.3, -0.25) is 0 Å². The van der Waals surface area contributed by atoms with Gasteiger partial charge in [0.2, 0.25) is 0 Å². The van der Waals surface area contributed by atoms with Crippen molar-refractivity contribution in [2.24, 2.45) is 0 Å². The van der Waals surface area contributed by atoms with E-state index in [2.05, 4.69) is 0 Å². The molecule has 13 heterocycles. The number of aliphatic hydroxyl groups excluding tert-OH is 38. The van der Waals surface area contributed by atoms with E-state index in [1.54, 1.807) is 0 Å². The topological polar surface area (TPSA) is 999 Å². The molecule has 13 aliphatic rings. The van der Waals surface area contributed by atoms with E-state index in [1.807, 2.05) is 0 Å². The van der Waals surface area contributed by atoms with Crippen LogP contribution < -0.4 is 0 Å². The lowest BCUT2D eigenvalue weighted by Crippen LogP contribution is -2.69. The zero-order valence-corrected chi connectivity index (χ0v) is 72.2. The highest BCUT2D eigenvalue weighted by Crippen LogP contribution is 2.42. The maximum absolute atomic E-state index is 12.3. The number of ether oxygens (including phenoxy) is 25. The van der Waals surface area contributed by atoms with E-state index >= 15 is 0 Å². The first-order valence-corrected chi connectivity index (χ1v) is 44.0. The van der Waals surface area contributed by atoms with Gasteiger partial charge in [0.1, 0.15) is 299 Å². The molecule has 13 saturated heterocycles. The van der Waals surface area contributed by atoms with Crippen LogP contribution in [0.2, 0.25) is 0 Å². The minimum Gasteiger partial charge on any atom is -0.394 e. The van der Waals surface area contributed by atoms with Crippen molar-refractivity contribution in [3.8, 4) is 0 Å². The minimum absolute atomic E-state index is 0.638. The van der Waals surface area contributed by atoms with Crippen molar-refractivity contribution in [2.75, 3.05) is 85.9 Å². The molecule has 13 rings (SSSR count). The Hall–Kier alpha value is -2.52. The molecule has 0 radical (unpaired) electrons. The van der Waals surface area contributed by atoms with Crippen LogP contribution >= 0.6 is 0 Å². The minimum atomic E-state index is -2.55. The summed E-state index contributed by atoms with van der Waals surface area (Å²) >= 11 is 0. The number of hydrogen-bond donors (Lipinski definition) is 38. The molecule has 0 amide bonds. The first kappa shape index (κ1) is 113. The fourth-order valence-corrected chi connectivity index (χ4v) is 17.8. The second-order valence-electron chi connectivity index (χ2n) is 35.2. The Balaban J connectivity index is 0.663. The zero-order valence-electron chi connectivity index (χ0n) is 72.2. The third-order valence-electron chi connectivity index (χ3n) is 26.0. The van der Waals surface area contributed by atoms with Gasteiger partial charge in [-0.1, -0.05) is 0 Å². The van der Waals surface area contributed by atoms with Gasteiger partial charge in [-0.25, -0.2) is 0 Å². The molecular weight excluding hydrogens is 1910 g/mol. The van der Waals surface area contributed by atoms with Crippen LogP contribution in [-0.2, 0) is 118 Å². The Morgan fingerprint density at radius 2 is 0.312 bits per heavy atom. The molecule has 804 valence electrons. The average molecular weight is 2040 g/mol. The molecule has 38 N–H and O–H groups in total. The van der Waals surface area contributed by atoms with Crippen molar-refractivity contribution in [2.45, 2.75) is 381 Å². The first-order chi connectivity index (χ1) is 65.5. The molecule has 62 atom stereocenters. The molecule has 138 heavy (non-hydrogen) atoms. The highest BCUT2D eigenvalue weighted by Gasteiger charge is 2.63. The molecule has 0 aromatic heterocycles. The summed E-state index contributed by atoms with van der Waals surface area (Å²) in [6, 6.07) is 0. The summed E-state index contributed by atoms with van der Waals surface area (Å²) in [4.78, 5) is 0. The van der Waals surface area contributed by atoms with Gasteiger partial charge >= 0.3 is 0 Å². The smallest absolute Gasteiger partial charge is 0.187 e. The van der Waals surface area contributed by atoms with E-state index < -0.39 is 467 Å². The summed E-state index contributed by atoms with van der Waals surface area (Å²) in [5, 5.41) is 418. The van der Waals surface area contributed by atoms with Gasteiger partial charge in [-0.2, -0.15) is 0 Å². The van der Waals surface area contributed by atoms with Gasteiger partial charge in [0.05, 0.1) is 85.9 Å². The zero-order chi connectivity index (χ0) is 101. The molecule has 0 aliphatic carbocycles. The van der Waals surface area contributed by atoms with Gasteiger partial charge in [-0.05, 0) is 0 Å². The molecule has 63 nitrogen and oxygen atoms in total. The Kier molecular flexibility index (Phi) is 39.9. The summed E-state index contributed by atoms with van der Waals surface area (Å²) in [5.41, 5.74) is 0. The predicted octanol–water partition coefficient (Wildman–Crippen LogP) is -27.4. The Labute approximate surface area is 777 Å². The second kappa shape index (κ2) is 48.8. The van der Waals surface area contributed by atoms with Gasteiger partial charge in [0, 0.05) is 0 Å². The molecule has 13 aliphatic heterocycles. The third-order valence-corrected chi connectivity index (χ3v) is 26.0.